The summed E-state index contributed by atoms with van der Waals surface area (Å²) in [5.41, 5.74) is 2.51. The number of Topliss-reactive ketones (excluding diaryl/α,β-unsaturated/α-hetero) is 2. The molecule has 1 aromatic heterocycles. The highest BCUT2D eigenvalue weighted by Crippen LogP contribution is 2.29. The van der Waals surface area contributed by atoms with Gasteiger partial charge in [0.2, 0.25) is 0 Å². The Hall–Kier alpha value is -2.55. The number of pyridine rings is 1. The summed E-state index contributed by atoms with van der Waals surface area (Å²) in [7, 11) is 0. The zero-order valence-electron chi connectivity index (χ0n) is 17.5. The van der Waals surface area contributed by atoms with Gasteiger partial charge in [0.25, 0.3) is 0 Å². The van der Waals surface area contributed by atoms with E-state index in [0.29, 0.717) is 16.7 Å². The Labute approximate surface area is 174 Å². The molecule has 0 amide bonds. The summed E-state index contributed by atoms with van der Waals surface area (Å²) < 4.78 is 2.24. The highest BCUT2D eigenvalue weighted by Gasteiger charge is 2.28. The minimum Gasteiger partial charge on any atom is -0.289 e. The zero-order valence-corrected chi connectivity index (χ0v) is 17.5. The molecule has 3 nitrogen and oxygen atoms in total. The molecule has 0 N–H and O–H groups in total. The summed E-state index contributed by atoms with van der Waals surface area (Å²) in [4.78, 5) is 25.2. The largest absolute Gasteiger partial charge is 0.289 e. The van der Waals surface area contributed by atoms with Crippen LogP contribution in [-0.4, -0.2) is 11.6 Å². The van der Waals surface area contributed by atoms with E-state index in [-0.39, 0.29) is 11.6 Å². The molecule has 0 radical (unpaired) electrons. The van der Waals surface area contributed by atoms with Gasteiger partial charge < -0.3 is 0 Å². The second-order valence-corrected chi connectivity index (χ2v) is 8.00. The molecule has 0 aliphatic heterocycles. The molecule has 152 valence electrons. The van der Waals surface area contributed by atoms with Gasteiger partial charge in [-0.3, -0.25) is 9.59 Å². The third-order valence-electron chi connectivity index (χ3n) is 5.85. The first-order chi connectivity index (χ1) is 14.2. The molecule has 1 aliphatic rings. The molecular weight excluding hydrogens is 358 g/mol. The zero-order chi connectivity index (χ0) is 20.5. The number of aromatic nitrogens is 1. The number of nitrogens with zero attached hydrogens (tertiary/aromatic N) is 1. The number of ketones is 2. The van der Waals surface area contributed by atoms with Gasteiger partial charge in [0.1, 0.15) is 6.54 Å². The van der Waals surface area contributed by atoms with Gasteiger partial charge >= 0.3 is 0 Å². The Morgan fingerprint density at radius 2 is 1.21 bits per heavy atom. The predicted octanol–water partition coefficient (Wildman–Crippen LogP) is 5.88. The lowest BCUT2D eigenvalue weighted by Crippen LogP contribution is -2.32. The van der Waals surface area contributed by atoms with E-state index in [1.807, 2.05) is 12.1 Å². The normalized spacial score (nSPS) is 13.7. The second-order valence-electron chi connectivity index (χ2n) is 8.00. The third-order valence-corrected chi connectivity index (χ3v) is 5.85. The average molecular weight is 391 g/mol. The number of hydrogen-bond acceptors (Lipinski definition) is 2. The SMILES string of the molecule is CC1=C(CCCCCCCCCC[n+]2ccccc2)C(=O)c2ccccc2C1=O. The lowest BCUT2D eigenvalue weighted by molar-refractivity contribution is -0.697. The van der Waals surface area contributed by atoms with Crippen molar-refractivity contribution in [3.63, 3.8) is 0 Å². The molecule has 0 spiro atoms. The van der Waals surface area contributed by atoms with Gasteiger partial charge in [-0.1, -0.05) is 62.4 Å². The van der Waals surface area contributed by atoms with E-state index in [2.05, 4.69) is 35.2 Å². The molecule has 1 aliphatic carbocycles. The van der Waals surface area contributed by atoms with E-state index < -0.39 is 0 Å². The van der Waals surface area contributed by atoms with Crippen LogP contribution in [0.5, 0.6) is 0 Å². The fourth-order valence-corrected chi connectivity index (χ4v) is 4.09. The van der Waals surface area contributed by atoms with Crippen LogP contribution in [0.2, 0.25) is 0 Å². The fourth-order valence-electron chi connectivity index (χ4n) is 4.09. The van der Waals surface area contributed by atoms with Gasteiger partial charge in [-0.2, -0.15) is 0 Å². The Bertz CT molecular complexity index is 867. The van der Waals surface area contributed by atoms with E-state index in [4.69, 9.17) is 0 Å². The predicted molar refractivity (Wildman–Crippen MR) is 116 cm³/mol. The number of fused-ring (bicyclic) bond motifs is 1. The minimum absolute atomic E-state index is 0.0175. The third kappa shape index (κ3) is 5.72. The van der Waals surface area contributed by atoms with Crippen molar-refractivity contribution in [1.29, 1.82) is 0 Å². The van der Waals surface area contributed by atoms with Crippen LogP contribution in [0.15, 0.2) is 66.0 Å². The number of allylic oxidation sites excluding steroid dienone is 2. The molecule has 3 heteroatoms. The Balaban J connectivity index is 1.29. The van der Waals surface area contributed by atoms with Gasteiger partial charge in [-0.25, -0.2) is 4.57 Å². The molecule has 1 aromatic carbocycles. The van der Waals surface area contributed by atoms with Crippen molar-refractivity contribution in [2.45, 2.75) is 71.3 Å². The number of rotatable bonds is 11. The van der Waals surface area contributed by atoms with Crippen LogP contribution in [-0.2, 0) is 6.54 Å². The van der Waals surface area contributed by atoms with Gasteiger partial charge in [-0.05, 0) is 26.2 Å². The van der Waals surface area contributed by atoms with Crippen molar-refractivity contribution in [2.75, 3.05) is 0 Å². The lowest BCUT2D eigenvalue weighted by Gasteiger charge is -2.18. The molecule has 0 atom stereocenters. The molecule has 2 aromatic rings. The average Bonchev–Trinajstić information content (AvgIpc) is 2.76. The molecule has 0 saturated heterocycles. The number of carbonyl (C=O) groups is 2. The van der Waals surface area contributed by atoms with Crippen molar-refractivity contribution in [1.82, 2.24) is 0 Å². The molecule has 29 heavy (non-hydrogen) atoms. The molecule has 0 bridgehead atoms. The van der Waals surface area contributed by atoms with Crippen molar-refractivity contribution >= 4 is 11.6 Å². The number of unbranched alkanes of at least 4 members (excludes halogenated alkanes) is 7. The maximum absolute atomic E-state index is 12.7. The van der Waals surface area contributed by atoms with Crippen molar-refractivity contribution < 1.29 is 14.2 Å². The Morgan fingerprint density at radius 1 is 0.655 bits per heavy atom. The Morgan fingerprint density at radius 3 is 1.86 bits per heavy atom. The van der Waals surface area contributed by atoms with Crippen LogP contribution in [0.3, 0.4) is 0 Å². The van der Waals surface area contributed by atoms with Crippen molar-refractivity contribution in [3.05, 3.63) is 77.1 Å². The highest BCUT2D eigenvalue weighted by atomic mass is 16.1. The second kappa shape index (κ2) is 10.8. The maximum Gasteiger partial charge on any atom is 0.190 e. The molecule has 1 heterocycles. The van der Waals surface area contributed by atoms with Crippen LogP contribution < -0.4 is 4.57 Å². The van der Waals surface area contributed by atoms with Crippen LogP contribution >= 0.6 is 0 Å². The van der Waals surface area contributed by atoms with Gasteiger partial charge in [0, 0.05) is 40.8 Å². The number of hydrogen-bond donors (Lipinski definition) is 0. The summed E-state index contributed by atoms with van der Waals surface area (Å²) in [6.07, 6.45) is 14.6. The highest BCUT2D eigenvalue weighted by molar-refractivity contribution is 6.26. The van der Waals surface area contributed by atoms with E-state index in [1.165, 1.54) is 38.5 Å². The van der Waals surface area contributed by atoms with Crippen LogP contribution in [0.1, 0.15) is 85.4 Å². The van der Waals surface area contributed by atoms with Gasteiger partial charge in [-0.15, -0.1) is 0 Å². The first kappa shape index (κ1) is 21.2. The molecule has 0 saturated carbocycles. The van der Waals surface area contributed by atoms with Crippen molar-refractivity contribution in [2.24, 2.45) is 0 Å². The summed E-state index contributed by atoms with van der Waals surface area (Å²) in [5, 5.41) is 0. The lowest BCUT2D eigenvalue weighted by atomic mass is 9.82. The Kier molecular flexibility index (Phi) is 7.92. The summed E-state index contributed by atoms with van der Waals surface area (Å²) in [6.45, 7) is 2.91. The molecule has 3 rings (SSSR count). The van der Waals surface area contributed by atoms with E-state index in [0.717, 1.165) is 31.4 Å². The van der Waals surface area contributed by atoms with Gasteiger partial charge in [0.05, 0.1) is 0 Å². The summed E-state index contributed by atoms with van der Waals surface area (Å²) in [5.74, 6) is 0.0675. The number of carbonyl (C=O) groups excluding carboxylic acids is 2. The van der Waals surface area contributed by atoms with E-state index in [9.17, 15) is 9.59 Å². The monoisotopic (exact) mass is 390 g/mol. The first-order valence-corrected chi connectivity index (χ1v) is 11.0. The quantitative estimate of drug-likeness (QED) is 0.355. The fraction of sp³-hybridized carbons (Fsp3) is 0.423. The smallest absolute Gasteiger partial charge is 0.190 e. The van der Waals surface area contributed by atoms with Crippen LogP contribution in [0.4, 0.5) is 0 Å². The molecule has 0 unspecified atom stereocenters. The first-order valence-electron chi connectivity index (χ1n) is 11.0. The van der Waals surface area contributed by atoms with E-state index >= 15 is 0 Å². The standard InChI is InChI=1S/C26H32NO2/c1-21-22(26(29)24-17-11-10-16-23(24)25(21)28)15-9-6-4-2-3-5-7-12-18-27-19-13-8-14-20-27/h8,10-11,13-14,16-17,19-20H,2-7,9,12,15,18H2,1H3/q+1. The van der Waals surface area contributed by atoms with Crippen LogP contribution in [0.25, 0.3) is 0 Å². The summed E-state index contributed by atoms with van der Waals surface area (Å²) in [6, 6.07) is 13.4. The topological polar surface area (TPSA) is 38.0 Å². The van der Waals surface area contributed by atoms with Gasteiger partial charge in [0.15, 0.2) is 24.0 Å². The maximum atomic E-state index is 12.7. The van der Waals surface area contributed by atoms with Crippen LogP contribution in [0, 0.1) is 0 Å². The molecule has 0 fully saturated rings. The molecular formula is C26H32NO2+. The van der Waals surface area contributed by atoms with Crippen molar-refractivity contribution in [3.8, 4) is 0 Å². The van der Waals surface area contributed by atoms with E-state index in [1.54, 1.807) is 19.1 Å². The minimum atomic E-state index is 0.0175. The summed E-state index contributed by atoms with van der Waals surface area (Å²) >= 11 is 0. The number of aryl methyl sites for hydroxylation is 1. The number of benzene rings is 1.